The van der Waals surface area contributed by atoms with Gasteiger partial charge in [0, 0.05) is 25.8 Å². The smallest absolute Gasteiger partial charge is 0.339 e. The summed E-state index contributed by atoms with van der Waals surface area (Å²) < 4.78 is 0. The number of carboxylic acids is 1. The Hall–Kier alpha value is -1.49. The molecule has 1 heterocycles. The molecule has 0 atom stereocenters. The number of nitrogens with zero attached hydrogens (tertiary/aromatic N) is 3. The summed E-state index contributed by atoms with van der Waals surface area (Å²) in [4.78, 5) is 21.3. The van der Waals surface area contributed by atoms with Crippen LogP contribution >= 0.6 is 0 Å². The van der Waals surface area contributed by atoms with Gasteiger partial charge in [0.15, 0.2) is 0 Å². The van der Waals surface area contributed by atoms with Gasteiger partial charge >= 0.3 is 5.97 Å². The highest BCUT2D eigenvalue weighted by molar-refractivity contribution is 5.88. The monoisotopic (exact) mass is 265 g/mol. The predicted octanol–water partition coefficient (Wildman–Crippen LogP) is 2.29. The SMILES string of the molecule is CC(C)CN(Cc1ncncc1C(=O)O)CC(C)C. The maximum Gasteiger partial charge on any atom is 0.339 e. The van der Waals surface area contributed by atoms with Crippen molar-refractivity contribution >= 4 is 5.97 Å². The van der Waals surface area contributed by atoms with E-state index >= 15 is 0 Å². The molecule has 1 aromatic heterocycles. The van der Waals surface area contributed by atoms with Crippen molar-refractivity contribution in [2.75, 3.05) is 13.1 Å². The van der Waals surface area contributed by atoms with Crippen LogP contribution in [0.25, 0.3) is 0 Å². The molecule has 0 saturated carbocycles. The minimum Gasteiger partial charge on any atom is -0.478 e. The van der Waals surface area contributed by atoms with Crippen molar-refractivity contribution in [3.8, 4) is 0 Å². The fourth-order valence-corrected chi connectivity index (χ4v) is 2.11. The maximum atomic E-state index is 11.1. The number of rotatable bonds is 7. The number of hydrogen-bond acceptors (Lipinski definition) is 4. The Bertz CT molecular complexity index is 409. The summed E-state index contributed by atoms with van der Waals surface area (Å²) in [5.41, 5.74) is 0.781. The van der Waals surface area contributed by atoms with E-state index < -0.39 is 5.97 Å². The van der Waals surface area contributed by atoms with Gasteiger partial charge < -0.3 is 5.11 Å². The minimum atomic E-state index is -0.968. The number of aromatic nitrogens is 2. The first kappa shape index (κ1) is 15.6. The van der Waals surface area contributed by atoms with E-state index in [2.05, 4.69) is 42.6 Å². The highest BCUT2D eigenvalue weighted by Gasteiger charge is 2.16. The van der Waals surface area contributed by atoms with Crippen LogP contribution in [0.1, 0.15) is 43.7 Å². The second-order valence-electron chi connectivity index (χ2n) is 5.67. The zero-order valence-corrected chi connectivity index (χ0v) is 12.1. The largest absolute Gasteiger partial charge is 0.478 e. The zero-order chi connectivity index (χ0) is 14.4. The second kappa shape index (κ2) is 7.19. The molecule has 5 nitrogen and oxygen atoms in total. The van der Waals surface area contributed by atoms with Crippen LogP contribution in [0, 0.1) is 11.8 Å². The molecule has 106 valence electrons. The van der Waals surface area contributed by atoms with Crippen LogP contribution in [0.15, 0.2) is 12.5 Å². The third kappa shape index (κ3) is 5.34. The maximum absolute atomic E-state index is 11.1. The third-order valence-electron chi connectivity index (χ3n) is 2.65. The van der Waals surface area contributed by atoms with Gasteiger partial charge in [0.1, 0.15) is 11.9 Å². The van der Waals surface area contributed by atoms with E-state index in [-0.39, 0.29) is 5.56 Å². The lowest BCUT2D eigenvalue weighted by Gasteiger charge is -2.26. The van der Waals surface area contributed by atoms with Gasteiger partial charge in [-0.15, -0.1) is 0 Å². The third-order valence-corrected chi connectivity index (χ3v) is 2.65. The van der Waals surface area contributed by atoms with Crippen molar-refractivity contribution in [3.63, 3.8) is 0 Å². The molecule has 1 N–H and O–H groups in total. The molecule has 19 heavy (non-hydrogen) atoms. The molecule has 1 aromatic rings. The molecular formula is C14H23N3O2. The van der Waals surface area contributed by atoms with Crippen molar-refractivity contribution < 1.29 is 9.90 Å². The summed E-state index contributed by atoms with van der Waals surface area (Å²) in [7, 11) is 0. The molecule has 1 rings (SSSR count). The van der Waals surface area contributed by atoms with Gasteiger partial charge in [0.2, 0.25) is 0 Å². The van der Waals surface area contributed by atoms with Crippen molar-refractivity contribution in [1.82, 2.24) is 14.9 Å². The molecule has 0 aliphatic heterocycles. The van der Waals surface area contributed by atoms with Crippen LogP contribution in [0.5, 0.6) is 0 Å². The van der Waals surface area contributed by atoms with E-state index in [0.717, 1.165) is 13.1 Å². The van der Waals surface area contributed by atoms with Crippen molar-refractivity contribution in [2.45, 2.75) is 34.2 Å². The molecule has 0 bridgehead atoms. The predicted molar refractivity (Wildman–Crippen MR) is 73.9 cm³/mol. The summed E-state index contributed by atoms with van der Waals surface area (Å²) in [5, 5.41) is 9.14. The number of carbonyl (C=O) groups is 1. The summed E-state index contributed by atoms with van der Waals surface area (Å²) in [5.74, 6) is 0.104. The van der Waals surface area contributed by atoms with E-state index in [0.29, 0.717) is 24.1 Å². The first-order valence-electron chi connectivity index (χ1n) is 6.64. The van der Waals surface area contributed by atoms with Gasteiger partial charge in [-0.05, 0) is 11.8 Å². The molecule has 0 spiro atoms. The fourth-order valence-electron chi connectivity index (χ4n) is 2.11. The lowest BCUT2D eigenvalue weighted by Crippen LogP contribution is -2.32. The van der Waals surface area contributed by atoms with Gasteiger partial charge in [-0.3, -0.25) is 4.90 Å². The van der Waals surface area contributed by atoms with Crippen molar-refractivity contribution in [1.29, 1.82) is 0 Å². The molecule has 0 unspecified atom stereocenters. The molecule has 0 radical (unpaired) electrons. The Kier molecular flexibility index (Phi) is 5.89. The van der Waals surface area contributed by atoms with Gasteiger partial charge in [-0.2, -0.15) is 0 Å². The van der Waals surface area contributed by atoms with Crippen LogP contribution in [-0.2, 0) is 6.54 Å². The quantitative estimate of drug-likeness (QED) is 0.819. The Morgan fingerprint density at radius 3 is 2.32 bits per heavy atom. The van der Waals surface area contributed by atoms with Gasteiger partial charge in [0.05, 0.1) is 5.69 Å². The Labute approximate surface area is 114 Å². The van der Waals surface area contributed by atoms with Gasteiger partial charge in [-0.25, -0.2) is 14.8 Å². The molecular weight excluding hydrogens is 242 g/mol. The van der Waals surface area contributed by atoms with E-state index in [4.69, 9.17) is 5.11 Å². The molecule has 5 heteroatoms. The highest BCUT2D eigenvalue weighted by Crippen LogP contribution is 2.11. The number of carboxylic acid groups (broad SMARTS) is 1. The van der Waals surface area contributed by atoms with Gasteiger partial charge in [0.25, 0.3) is 0 Å². The Morgan fingerprint density at radius 1 is 1.26 bits per heavy atom. The number of hydrogen-bond donors (Lipinski definition) is 1. The van der Waals surface area contributed by atoms with Crippen LogP contribution in [0.3, 0.4) is 0 Å². The lowest BCUT2D eigenvalue weighted by atomic mass is 10.1. The first-order valence-corrected chi connectivity index (χ1v) is 6.64. The van der Waals surface area contributed by atoms with Crippen LogP contribution in [-0.4, -0.2) is 39.0 Å². The van der Waals surface area contributed by atoms with Crippen molar-refractivity contribution in [3.05, 3.63) is 23.8 Å². The second-order valence-corrected chi connectivity index (χ2v) is 5.67. The molecule has 0 aliphatic carbocycles. The molecule has 0 aromatic carbocycles. The van der Waals surface area contributed by atoms with Crippen LogP contribution < -0.4 is 0 Å². The summed E-state index contributed by atoms with van der Waals surface area (Å²) >= 11 is 0. The topological polar surface area (TPSA) is 66.3 Å². The summed E-state index contributed by atoms with van der Waals surface area (Å²) in [6.07, 6.45) is 2.78. The van der Waals surface area contributed by atoms with E-state index in [9.17, 15) is 4.79 Å². The van der Waals surface area contributed by atoms with Crippen LogP contribution in [0.2, 0.25) is 0 Å². The average molecular weight is 265 g/mol. The first-order chi connectivity index (χ1) is 8.90. The van der Waals surface area contributed by atoms with Crippen molar-refractivity contribution in [2.24, 2.45) is 11.8 Å². The fraction of sp³-hybridized carbons (Fsp3) is 0.643. The Morgan fingerprint density at radius 2 is 1.84 bits per heavy atom. The Balaban J connectivity index is 2.86. The van der Waals surface area contributed by atoms with E-state index in [1.807, 2.05) is 0 Å². The standard InChI is InChI=1S/C14H23N3O2/c1-10(2)6-17(7-11(3)4)8-13-12(14(18)19)5-15-9-16-13/h5,9-11H,6-8H2,1-4H3,(H,18,19). The lowest BCUT2D eigenvalue weighted by molar-refractivity contribution is 0.0692. The minimum absolute atomic E-state index is 0.194. The highest BCUT2D eigenvalue weighted by atomic mass is 16.4. The molecule has 0 amide bonds. The molecule has 0 fully saturated rings. The van der Waals surface area contributed by atoms with Crippen LogP contribution in [0.4, 0.5) is 0 Å². The summed E-state index contributed by atoms with van der Waals surface area (Å²) in [6.45, 7) is 11.1. The normalized spacial score (nSPS) is 11.5. The average Bonchev–Trinajstić information content (AvgIpc) is 2.27. The van der Waals surface area contributed by atoms with Gasteiger partial charge in [-0.1, -0.05) is 27.7 Å². The molecule has 0 aliphatic rings. The zero-order valence-electron chi connectivity index (χ0n) is 12.1. The van der Waals surface area contributed by atoms with E-state index in [1.54, 1.807) is 0 Å². The number of aromatic carboxylic acids is 1. The van der Waals surface area contributed by atoms with E-state index in [1.165, 1.54) is 12.5 Å². The molecule has 0 saturated heterocycles. The summed E-state index contributed by atoms with van der Waals surface area (Å²) in [6, 6.07) is 0.